The largest absolute Gasteiger partial charge is 0.0654 e. The summed E-state index contributed by atoms with van der Waals surface area (Å²) >= 11 is 0. The van der Waals surface area contributed by atoms with E-state index in [0.717, 1.165) is 47.3 Å². The maximum Gasteiger partial charge on any atom is -0.0386 e. The lowest BCUT2D eigenvalue weighted by molar-refractivity contribution is 0.228. The third-order valence-electron chi connectivity index (χ3n) is 9.31. The van der Waals surface area contributed by atoms with Crippen molar-refractivity contribution >= 4 is 0 Å². The number of unbranched alkanes of at least 4 members (excludes halogenated alkanes) is 2. The van der Waals surface area contributed by atoms with Crippen molar-refractivity contribution < 1.29 is 0 Å². The van der Waals surface area contributed by atoms with Crippen LogP contribution in [-0.2, 0) is 0 Å². The molecule has 0 aromatic carbocycles. The highest BCUT2D eigenvalue weighted by molar-refractivity contribution is 4.72. The third-order valence-corrected chi connectivity index (χ3v) is 9.31. The van der Waals surface area contributed by atoms with Crippen molar-refractivity contribution in [3.63, 3.8) is 0 Å². The molecular weight excluding hydrogens is 432 g/mol. The second-order valence-electron chi connectivity index (χ2n) is 14.6. The van der Waals surface area contributed by atoms with Gasteiger partial charge in [0, 0.05) is 0 Å². The van der Waals surface area contributed by atoms with Crippen LogP contribution >= 0.6 is 0 Å². The Hall–Kier alpha value is 0. The van der Waals surface area contributed by atoms with Crippen molar-refractivity contribution in [1.82, 2.24) is 0 Å². The van der Waals surface area contributed by atoms with Crippen LogP contribution in [-0.4, -0.2) is 0 Å². The van der Waals surface area contributed by atoms with E-state index in [-0.39, 0.29) is 0 Å². The fraction of sp³-hybridized carbons (Fsp3) is 1.00. The second kappa shape index (κ2) is 22.9. The fourth-order valence-corrected chi connectivity index (χ4v) is 6.27. The van der Waals surface area contributed by atoms with Crippen molar-refractivity contribution in [3.8, 4) is 0 Å². The molecule has 0 amide bonds. The number of hydrogen-bond acceptors (Lipinski definition) is 0. The molecule has 0 nitrogen and oxygen atoms in total. The summed E-state index contributed by atoms with van der Waals surface area (Å²) in [6.45, 7) is 24.5. The minimum atomic E-state index is 0.871. The van der Waals surface area contributed by atoms with Crippen molar-refractivity contribution in [2.45, 2.75) is 185 Å². The van der Waals surface area contributed by atoms with E-state index in [1.165, 1.54) is 116 Å². The molecule has 0 bridgehead atoms. The Morgan fingerprint density at radius 2 is 0.778 bits per heavy atom. The van der Waals surface area contributed by atoms with Gasteiger partial charge in [0.2, 0.25) is 0 Å². The Morgan fingerprint density at radius 1 is 0.361 bits per heavy atom. The van der Waals surface area contributed by atoms with Crippen molar-refractivity contribution in [2.24, 2.45) is 47.3 Å². The van der Waals surface area contributed by atoms with Crippen LogP contribution in [0.4, 0.5) is 0 Å². The Balaban J connectivity index is 4.38. The minimum absolute atomic E-state index is 0.871. The summed E-state index contributed by atoms with van der Waals surface area (Å²) in [7, 11) is 0. The van der Waals surface area contributed by atoms with Gasteiger partial charge in [-0.15, -0.1) is 0 Å². The van der Waals surface area contributed by atoms with E-state index < -0.39 is 0 Å². The predicted octanol–water partition coefficient (Wildman–Crippen LogP) is 13.1. The second-order valence-corrected chi connectivity index (χ2v) is 14.6. The van der Waals surface area contributed by atoms with E-state index in [4.69, 9.17) is 0 Å². The first-order chi connectivity index (χ1) is 17.0. The van der Waals surface area contributed by atoms with Crippen molar-refractivity contribution in [2.75, 3.05) is 0 Å². The first-order valence-corrected chi connectivity index (χ1v) is 17.0. The summed E-state index contributed by atoms with van der Waals surface area (Å²) < 4.78 is 0. The monoisotopic (exact) mass is 507 g/mol. The average Bonchev–Trinajstić information content (AvgIpc) is 2.81. The van der Waals surface area contributed by atoms with Gasteiger partial charge in [-0.25, -0.2) is 0 Å². The lowest BCUT2D eigenvalue weighted by atomic mass is 9.77. The Morgan fingerprint density at radius 3 is 1.33 bits per heavy atom. The summed E-state index contributed by atoms with van der Waals surface area (Å²) in [4.78, 5) is 0. The molecule has 0 saturated carbocycles. The smallest absolute Gasteiger partial charge is 0.0386 e. The molecule has 6 atom stereocenters. The quantitative estimate of drug-likeness (QED) is 0.108. The van der Waals surface area contributed by atoms with Crippen molar-refractivity contribution in [3.05, 3.63) is 0 Å². The van der Waals surface area contributed by atoms with Crippen LogP contribution in [0.1, 0.15) is 185 Å². The predicted molar refractivity (Wildman–Crippen MR) is 168 cm³/mol. The highest BCUT2D eigenvalue weighted by Crippen LogP contribution is 2.33. The molecule has 6 unspecified atom stereocenters. The number of rotatable bonds is 25. The van der Waals surface area contributed by atoms with Gasteiger partial charge in [-0.05, 0) is 60.2 Å². The molecule has 0 rings (SSSR count). The van der Waals surface area contributed by atoms with E-state index in [0.29, 0.717) is 0 Å². The molecule has 0 aromatic rings. The Kier molecular flexibility index (Phi) is 22.9. The molecule has 0 saturated heterocycles. The van der Waals surface area contributed by atoms with Crippen LogP contribution in [0.3, 0.4) is 0 Å². The van der Waals surface area contributed by atoms with Gasteiger partial charge in [-0.1, -0.05) is 172 Å². The summed E-state index contributed by atoms with van der Waals surface area (Å²) in [5, 5.41) is 0. The van der Waals surface area contributed by atoms with Crippen LogP contribution in [0.2, 0.25) is 0 Å². The Bertz CT molecular complexity index is 449. The summed E-state index contributed by atoms with van der Waals surface area (Å²) in [6.07, 6.45) is 25.9. The van der Waals surface area contributed by atoms with Crippen LogP contribution in [0, 0.1) is 47.3 Å². The minimum Gasteiger partial charge on any atom is -0.0654 e. The zero-order valence-corrected chi connectivity index (χ0v) is 27.3. The van der Waals surface area contributed by atoms with Gasteiger partial charge in [0.05, 0.1) is 0 Å². The molecule has 0 heteroatoms. The molecule has 0 aliphatic rings. The molecule has 0 aliphatic carbocycles. The molecule has 0 radical (unpaired) electrons. The topological polar surface area (TPSA) is 0 Å². The normalized spacial score (nSPS) is 17.3. The van der Waals surface area contributed by atoms with Crippen LogP contribution < -0.4 is 0 Å². The van der Waals surface area contributed by atoms with Gasteiger partial charge < -0.3 is 0 Å². The van der Waals surface area contributed by atoms with Gasteiger partial charge in [0.25, 0.3) is 0 Å². The molecule has 0 aromatic heterocycles. The highest BCUT2D eigenvalue weighted by Gasteiger charge is 2.21. The summed E-state index contributed by atoms with van der Waals surface area (Å²) in [5.74, 6) is 7.27. The molecule has 218 valence electrons. The first-order valence-electron chi connectivity index (χ1n) is 17.0. The summed E-state index contributed by atoms with van der Waals surface area (Å²) in [6, 6.07) is 0. The molecule has 0 spiro atoms. The SMILES string of the molecule is CCCCC(C)C(CCC(C)CCCC(C)CCCC(C)C)CC(C)CCC(C)CCCCC(C)C. The maximum atomic E-state index is 2.58. The molecule has 36 heavy (non-hydrogen) atoms. The van der Waals surface area contributed by atoms with E-state index in [1.54, 1.807) is 0 Å². The van der Waals surface area contributed by atoms with E-state index in [9.17, 15) is 0 Å². The van der Waals surface area contributed by atoms with Gasteiger partial charge in [-0.2, -0.15) is 0 Å². The first kappa shape index (κ1) is 36.0. The van der Waals surface area contributed by atoms with E-state index in [2.05, 4.69) is 69.2 Å². The lowest BCUT2D eigenvalue weighted by Crippen LogP contribution is -2.17. The fourth-order valence-electron chi connectivity index (χ4n) is 6.27. The molecule has 0 fully saturated rings. The molecule has 0 aliphatic heterocycles. The zero-order chi connectivity index (χ0) is 27.3. The standard InChI is InChI=1S/C36H74/c1-11-12-23-35(10)36(28-34(9)25-24-32(7)19-14-13-17-29(2)3)27-26-33(8)22-16-21-31(6)20-15-18-30(4)5/h29-36H,11-28H2,1-10H3. The van der Waals surface area contributed by atoms with Gasteiger partial charge in [0.15, 0.2) is 0 Å². The van der Waals surface area contributed by atoms with Crippen molar-refractivity contribution in [1.29, 1.82) is 0 Å². The molecule has 0 heterocycles. The summed E-state index contributed by atoms with van der Waals surface area (Å²) in [5.41, 5.74) is 0. The Labute approximate surface area is 232 Å². The molecule has 0 N–H and O–H groups in total. The van der Waals surface area contributed by atoms with Crippen LogP contribution in [0.25, 0.3) is 0 Å². The number of hydrogen-bond donors (Lipinski definition) is 0. The van der Waals surface area contributed by atoms with E-state index in [1.807, 2.05) is 0 Å². The zero-order valence-electron chi connectivity index (χ0n) is 27.3. The maximum absolute atomic E-state index is 2.58. The average molecular weight is 507 g/mol. The van der Waals surface area contributed by atoms with Gasteiger partial charge in [-0.3, -0.25) is 0 Å². The van der Waals surface area contributed by atoms with E-state index >= 15 is 0 Å². The van der Waals surface area contributed by atoms with Crippen LogP contribution in [0.5, 0.6) is 0 Å². The lowest BCUT2D eigenvalue weighted by Gasteiger charge is -2.28. The van der Waals surface area contributed by atoms with Gasteiger partial charge >= 0.3 is 0 Å². The third kappa shape index (κ3) is 22.0. The molecular formula is C36H74. The van der Waals surface area contributed by atoms with Gasteiger partial charge in [0.1, 0.15) is 0 Å². The van der Waals surface area contributed by atoms with Crippen LogP contribution in [0.15, 0.2) is 0 Å². The highest BCUT2D eigenvalue weighted by atomic mass is 14.3.